The fourth-order valence-corrected chi connectivity index (χ4v) is 2.38. The molecule has 0 aliphatic heterocycles. The fraction of sp³-hybridized carbons (Fsp3) is 0.353. The summed E-state index contributed by atoms with van der Waals surface area (Å²) in [6.45, 7) is 6.80. The summed E-state index contributed by atoms with van der Waals surface area (Å²) in [4.78, 5) is 4.48. The first-order valence-corrected chi connectivity index (χ1v) is 7.14. The van der Waals surface area contributed by atoms with E-state index >= 15 is 0 Å². The van der Waals surface area contributed by atoms with Gasteiger partial charge >= 0.3 is 0 Å². The summed E-state index contributed by atoms with van der Waals surface area (Å²) in [6, 6.07) is 5.81. The molecule has 21 heavy (non-hydrogen) atoms. The number of hydrogen-bond acceptors (Lipinski definition) is 2. The number of nitrogens with zero attached hydrogens (tertiary/aromatic N) is 1. The number of aromatic nitrogens is 1. The van der Waals surface area contributed by atoms with Crippen molar-refractivity contribution in [3.05, 3.63) is 64.5 Å². The number of rotatable bonds is 5. The van der Waals surface area contributed by atoms with Crippen LogP contribution in [0.5, 0.6) is 0 Å². The summed E-state index contributed by atoms with van der Waals surface area (Å²) in [6.07, 6.45) is 2.74. The molecule has 0 saturated heterocycles. The second kappa shape index (κ2) is 6.76. The second-order valence-electron chi connectivity index (χ2n) is 5.28. The maximum atomic E-state index is 13.5. The molecule has 0 saturated carbocycles. The van der Waals surface area contributed by atoms with Crippen LogP contribution in [0, 0.1) is 25.5 Å². The molecule has 2 aromatic rings. The van der Waals surface area contributed by atoms with Crippen molar-refractivity contribution in [3.63, 3.8) is 0 Å². The van der Waals surface area contributed by atoms with Gasteiger partial charge in [-0.3, -0.25) is 4.98 Å². The van der Waals surface area contributed by atoms with E-state index in [2.05, 4.69) is 17.2 Å². The number of aryl methyl sites for hydroxylation is 2. The molecule has 2 rings (SSSR count). The van der Waals surface area contributed by atoms with Gasteiger partial charge in [-0.15, -0.1) is 0 Å². The van der Waals surface area contributed by atoms with E-state index in [9.17, 15) is 8.78 Å². The average Bonchev–Trinajstić information content (AvgIpc) is 2.44. The zero-order chi connectivity index (χ0) is 15.4. The maximum absolute atomic E-state index is 13.5. The van der Waals surface area contributed by atoms with Crippen molar-refractivity contribution in [3.8, 4) is 0 Å². The van der Waals surface area contributed by atoms with Crippen LogP contribution in [0.15, 0.2) is 30.5 Å². The highest BCUT2D eigenvalue weighted by Gasteiger charge is 2.18. The van der Waals surface area contributed by atoms with Crippen LogP contribution in [0.3, 0.4) is 0 Å². The van der Waals surface area contributed by atoms with Crippen LogP contribution in [0.1, 0.15) is 41.8 Å². The van der Waals surface area contributed by atoms with Gasteiger partial charge in [-0.2, -0.15) is 0 Å². The van der Waals surface area contributed by atoms with Crippen LogP contribution < -0.4 is 5.32 Å². The van der Waals surface area contributed by atoms with Gasteiger partial charge in [0.15, 0.2) is 11.6 Å². The van der Waals surface area contributed by atoms with Gasteiger partial charge in [0.05, 0.1) is 11.7 Å². The first-order chi connectivity index (χ1) is 10.0. The highest BCUT2D eigenvalue weighted by molar-refractivity contribution is 5.34. The summed E-state index contributed by atoms with van der Waals surface area (Å²) in [5.74, 6) is -1.66. The van der Waals surface area contributed by atoms with Crippen LogP contribution >= 0.6 is 0 Å². The topological polar surface area (TPSA) is 24.9 Å². The molecule has 0 aliphatic carbocycles. The van der Waals surface area contributed by atoms with Gasteiger partial charge in [0.25, 0.3) is 0 Å². The van der Waals surface area contributed by atoms with Crippen molar-refractivity contribution < 1.29 is 8.78 Å². The SMILES string of the molecule is CCCNC(c1ccc(F)c(F)c1)c1ncc(C)cc1C. The van der Waals surface area contributed by atoms with Crippen molar-refractivity contribution >= 4 is 0 Å². The van der Waals surface area contributed by atoms with E-state index in [1.54, 1.807) is 12.3 Å². The van der Waals surface area contributed by atoms with Gasteiger partial charge in [-0.1, -0.05) is 19.1 Å². The smallest absolute Gasteiger partial charge is 0.159 e. The molecule has 1 N–H and O–H groups in total. The Morgan fingerprint density at radius 3 is 2.52 bits per heavy atom. The Morgan fingerprint density at radius 1 is 1.14 bits per heavy atom. The molecule has 1 unspecified atom stereocenters. The van der Waals surface area contributed by atoms with Crippen LogP contribution in [0.2, 0.25) is 0 Å². The molecule has 2 nitrogen and oxygen atoms in total. The summed E-state index contributed by atoms with van der Waals surface area (Å²) in [7, 11) is 0. The summed E-state index contributed by atoms with van der Waals surface area (Å²) < 4.78 is 26.7. The highest BCUT2D eigenvalue weighted by Crippen LogP contribution is 2.25. The van der Waals surface area contributed by atoms with Crippen LogP contribution in [-0.4, -0.2) is 11.5 Å². The Kier molecular flexibility index (Phi) is 5.02. The van der Waals surface area contributed by atoms with E-state index in [4.69, 9.17) is 0 Å². The first kappa shape index (κ1) is 15.6. The fourth-order valence-electron chi connectivity index (χ4n) is 2.38. The van der Waals surface area contributed by atoms with E-state index in [0.29, 0.717) is 5.56 Å². The molecule has 0 spiro atoms. The molecule has 0 aliphatic rings. The van der Waals surface area contributed by atoms with Crippen molar-refractivity contribution in [2.24, 2.45) is 0 Å². The lowest BCUT2D eigenvalue weighted by molar-refractivity contribution is 0.502. The Bertz CT molecular complexity index is 626. The first-order valence-electron chi connectivity index (χ1n) is 7.14. The minimum atomic E-state index is -0.833. The molecular weight excluding hydrogens is 270 g/mol. The Morgan fingerprint density at radius 2 is 1.90 bits per heavy atom. The predicted octanol–water partition coefficient (Wildman–Crippen LogP) is 4.07. The van der Waals surface area contributed by atoms with Gasteiger partial charge in [0.2, 0.25) is 0 Å². The van der Waals surface area contributed by atoms with Gasteiger partial charge in [-0.25, -0.2) is 8.78 Å². The molecule has 1 aromatic heterocycles. The quantitative estimate of drug-likeness (QED) is 0.898. The van der Waals surface area contributed by atoms with Crippen molar-refractivity contribution in [2.45, 2.75) is 33.2 Å². The second-order valence-corrected chi connectivity index (χ2v) is 5.28. The Labute approximate surface area is 124 Å². The third-order valence-electron chi connectivity index (χ3n) is 3.40. The molecule has 112 valence electrons. The van der Waals surface area contributed by atoms with Crippen molar-refractivity contribution in [2.75, 3.05) is 6.54 Å². The summed E-state index contributed by atoms with van der Waals surface area (Å²) in [5, 5.41) is 3.36. The maximum Gasteiger partial charge on any atom is 0.159 e. The summed E-state index contributed by atoms with van der Waals surface area (Å²) in [5.41, 5.74) is 3.64. The zero-order valence-electron chi connectivity index (χ0n) is 12.6. The molecule has 4 heteroatoms. The molecular formula is C17H20F2N2. The molecule has 1 atom stereocenters. The van der Waals surface area contributed by atoms with Gasteiger partial charge in [0.1, 0.15) is 0 Å². The number of hydrogen-bond donors (Lipinski definition) is 1. The van der Waals surface area contributed by atoms with E-state index in [1.165, 1.54) is 6.07 Å². The van der Waals surface area contributed by atoms with Crippen LogP contribution in [0.25, 0.3) is 0 Å². The molecule has 1 heterocycles. The van der Waals surface area contributed by atoms with Crippen molar-refractivity contribution in [1.82, 2.24) is 10.3 Å². The lowest BCUT2D eigenvalue weighted by Gasteiger charge is -2.21. The molecule has 0 fully saturated rings. The number of halogens is 2. The largest absolute Gasteiger partial charge is 0.305 e. The lowest BCUT2D eigenvalue weighted by Crippen LogP contribution is -2.25. The number of benzene rings is 1. The molecule has 0 radical (unpaired) electrons. The van der Waals surface area contributed by atoms with E-state index in [1.807, 2.05) is 19.9 Å². The normalized spacial score (nSPS) is 12.4. The Balaban J connectivity index is 2.44. The number of pyridine rings is 1. The standard InChI is InChI=1S/C17H20F2N2/c1-4-7-20-17(13-5-6-14(18)15(19)9-13)16-12(3)8-11(2)10-21-16/h5-6,8-10,17,20H,4,7H2,1-3H3. The van der Waals surface area contributed by atoms with E-state index in [-0.39, 0.29) is 6.04 Å². The Hall–Kier alpha value is -1.81. The zero-order valence-corrected chi connectivity index (χ0v) is 12.6. The van der Waals surface area contributed by atoms with Gasteiger partial charge in [0, 0.05) is 6.20 Å². The van der Waals surface area contributed by atoms with Crippen LogP contribution in [-0.2, 0) is 0 Å². The highest BCUT2D eigenvalue weighted by atomic mass is 19.2. The van der Waals surface area contributed by atoms with Gasteiger partial charge < -0.3 is 5.32 Å². The molecule has 0 amide bonds. The third kappa shape index (κ3) is 3.64. The minimum absolute atomic E-state index is 0.236. The van der Waals surface area contributed by atoms with E-state index in [0.717, 1.165) is 35.9 Å². The molecule has 1 aromatic carbocycles. The predicted molar refractivity (Wildman–Crippen MR) is 80.2 cm³/mol. The summed E-state index contributed by atoms with van der Waals surface area (Å²) >= 11 is 0. The minimum Gasteiger partial charge on any atom is -0.305 e. The van der Waals surface area contributed by atoms with Crippen molar-refractivity contribution in [1.29, 1.82) is 0 Å². The molecule has 0 bridgehead atoms. The number of nitrogens with one attached hydrogen (secondary N) is 1. The lowest BCUT2D eigenvalue weighted by atomic mass is 9.98. The average molecular weight is 290 g/mol. The van der Waals surface area contributed by atoms with Crippen LogP contribution in [0.4, 0.5) is 8.78 Å². The van der Waals surface area contributed by atoms with E-state index < -0.39 is 11.6 Å². The van der Waals surface area contributed by atoms with Gasteiger partial charge in [-0.05, 0) is 55.6 Å². The monoisotopic (exact) mass is 290 g/mol. The third-order valence-corrected chi connectivity index (χ3v) is 3.40.